The molecule has 0 spiro atoms. The van der Waals surface area contributed by atoms with Crippen molar-refractivity contribution in [1.82, 2.24) is 0 Å². The van der Waals surface area contributed by atoms with Gasteiger partial charge in [0, 0.05) is 6.42 Å². The Balaban J connectivity index is 2.81. The summed E-state index contributed by atoms with van der Waals surface area (Å²) in [6, 6.07) is 1.50. The monoisotopic (exact) mass is 422 g/mol. The van der Waals surface area contributed by atoms with Crippen molar-refractivity contribution < 1.29 is 39.5 Å². The van der Waals surface area contributed by atoms with E-state index in [0.717, 1.165) is 0 Å². The van der Waals surface area contributed by atoms with E-state index in [4.69, 9.17) is 0 Å². The highest BCUT2D eigenvalue weighted by Crippen LogP contribution is 2.54. The lowest BCUT2D eigenvalue weighted by atomic mass is 9.98. The van der Waals surface area contributed by atoms with Gasteiger partial charge in [-0.3, -0.25) is 0 Å². The number of alkyl halides is 9. The zero-order chi connectivity index (χ0) is 17.4. The van der Waals surface area contributed by atoms with Crippen molar-refractivity contribution >= 4 is 27.3 Å². The van der Waals surface area contributed by atoms with Crippen molar-refractivity contribution in [3.05, 3.63) is 20.8 Å². The lowest BCUT2D eigenvalue weighted by Crippen LogP contribution is -2.60. The number of thiophene rings is 1. The minimum atomic E-state index is -6.81. The van der Waals surface area contributed by atoms with Crippen LogP contribution in [0.25, 0.3) is 0 Å². The molecule has 0 nitrogen and oxygen atoms in total. The quantitative estimate of drug-likeness (QED) is 0.471. The first-order chi connectivity index (χ1) is 9.74. The molecule has 0 aliphatic heterocycles. The van der Waals surface area contributed by atoms with Gasteiger partial charge in [-0.25, -0.2) is 0 Å². The van der Waals surface area contributed by atoms with Crippen LogP contribution in [0.3, 0.4) is 0 Å². The molecule has 0 fully saturated rings. The van der Waals surface area contributed by atoms with Gasteiger partial charge in [0.05, 0.1) is 3.79 Å². The largest absolute Gasteiger partial charge is 0.460 e. The van der Waals surface area contributed by atoms with Crippen LogP contribution in [0.5, 0.6) is 0 Å². The Bertz CT molecular complexity index is 506. The standard InChI is InChI=1S/C11H8BrF9S/c12-7-6(3-5-22-7)2-1-4-8(13,14)9(15,16)10(17,18)11(19,20)21/h3,5H,1-2,4H2. The molecule has 0 saturated heterocycles. The molecule has 0 aliphatic carbocycles. The predicted molar refractivity (Wildman–Crippen MR) is 65.9 cm³/mol. The maximum Gasteiger partial charge on any atom is 0.460 e. The van der Waals surface area contributed by atoms with Gasteiger partial charge in [-0.15, -0.1) is 11.3 Å². The Morgan fingerprint density at radius 3 is 1.86 bits per heavy atom. The molecule has 0 aromatic carbocycles. The highest BCUT2D eigenvalue weighted by Gasteiger charge is 2.81. The van der Waals surface area contributed by atoms with E-state index in [9.17, 15) is 39.5 Å². The molecule has 0 unspecified atom stereocenters. The second-order valence-electron chi connectivity index (χ2n) is 4.42. The third-order valence-electron chi connectivity index (χ3n) is 2.84. The van der Waals surface area contributed by atoms with Gasteiger partial charge in [-0.2, -0.15) is 39.5 Å². The van der Waals surface area contributed by atoms with Crippen LogP contribution in [0.4, 0.5) is 39.5 Å². The molecule has 128 valence electrons. The summed E-state index contributed by atoms with van der Waals surface area (Å²) in [4.78, 5) is 0. The summed E-state index contributed by atoms with van der Waals surface area (Å²) in [7, 11) is 0. The molecule has 0 radical (unpaired) electrons. The summed E-state index contributed by atoms with van der Waals surface area (Å²) in [5, 5.41) is 1.57. The summed E-state index contributed by atoms with van der Waals surface area (Å²) in [5.74, 6) is -18.8. The smallest absolute Gasteiger partial charge is 0.200 e. The van der Waals surface area contributed by atoms with Crippen molar-refractivity contribution in [2.45, 2.75) is 43.2 Å². The van der Waals surface area contributed by atoms with Crippen LogP contribution in [0.1, 0.15) is 18.4 Å². The summed E-state index contributed by atoms with van der Waals surface area (Å²) in [6.45, 7) is 0. The normalized spacial score (nSPS) is 14.5. The van der Waals surface area contributed by atoms with Crippen molar-refractivity contribution in [2.24, 2.45) is 0 Å². The molecule has 1 heterocycles. The fraction of sp³-hybridized carbons (Fsp3) is 0.636. The average molecular weight is 423 g/mol. The molecule has 0 atom stereocenters. The van der Waals surface area contributed by atoms with Crippen LogP contribution in [0.2, 0.25) is 0 Å². The minimum absolute atomic E-state index is 0.159. The molecule has 0 amide bonds. The maximum atomic E-state index is 13.2. The van der Waals surface area contributed by atoms with E-state index in [1.807, 2.05) is 0 Å². The Kier molecular flexibility index (Phi) is 5.54. The summed E-state index contributed by atoms with van der Waals surface area (Å²) in [6.07, 6.45) is -9.40. The lowest BCUT2D eigenvalue weighted by Gasteiger charge is -2.33. The van der Waals surface area contributed by atoms with Gasteiger partial charge in [0.2, 0.25) is 0 Å². The Morgan fingerprint density at radius 1 is 0.909 bits per heavy atom. The van der Waals surface area contributed by atoms with Gasteiger partial charge in [0.15, 0.2) is 0 Å². The molecule has 1 aromatic rings. The van der Waals surface area contributed by atoms with Crippen molar-refractivity contribution in [3.63, 3.8) is 0 Å². The maximum absolute atomic E-state index is 13.2. The Morgan fingerprint density at radius 2 is 1.45 bits per heavy atom. The third-order valence-corrected chi connectivity index (χ3v) is 4.65. The molecule has 0 N–H and O–H groups in total. The van der Waals surface area contributed by atoms with E-state index in [1.165, 1.54) is 17.4 Å². The molecule has 1 rings (SSSR count). The first kappa shape index (κ1) is 19.6. The van der Waals surface area contributed by atoms with Crippen LogP contribution in [-0.2, 0) is 6.42 Å². The highest BCUT2D eigenvalue weighted by atomic mass is 79.9. The molecular formula is C11H8BrF9S. The second kappa shape index (κ2) is 6.21. The molecule has 1 aromatic heterocycles. The highest BCUT2D eigenvalue weighted by molar-refractivity contribution is 9.11. The SMILES string of the molecule is FC(F)(F)C(F)(F)C(F)(F)C(F)(F)CCCc1ccsc1Br. The first-order valence-electron chi connectivity index (χ1n) is 5.66. The van der Waals surface area contributed by atoms with Gasteiger partial charge in [-0.1, -0.05) is 0 Å². The van der Waals surface area contributed by atoms with E-state index in [1.54, 1.807) is 5.38 Å². The molecule has 0 bridgehead atoms. The van der Waals surface area contributed by atoms with Gasteiger partial charge in [0.1, 0.15) is 0 Å². The van der Waals surface area contributed by atoms with Gasteiger partial charge >= 0.3 is 23.9 Å². The number of aryl methyl sites for hydroxylation is 1. The molecule has 11 heteroatoms. The average Bonchev–Trinajstić information content (AvgIpc) is 2.73. The summed E-state index contributed by atoms with van der Waals surface area (Å²) < 4.78 is 114. The molecule has 22 heavy (non-hydrogen) atoms. The van der Waals surface area contributed by atoms with Crippen molar-refractivity contribution in [2.75, 3.05) is 0 Å². The third kappa shape index (κ3) is 3.55. The van der Waals surface area contributed by atoms with Gasteiger partial charge in [-0.05, 0) is 45.8 Å². The fourth-order valence-corrected chi connectivity index (χ4v) is 2.89. The van der Waals surface area contributed by atoms with Crippen LogP contribution in [-0.4, -0.2) is 23.9 Å². The lowest BCUT2D eigenvalue weighted by molar-refractivity contribution is -0.396. The van der Waals surface area contributed by atoms with E-state index in [0.29, 0.717) is 9.35 Å². The molecule has 0 aliphatic rings. The predicted octanol–water partition coefficient (Wildman–Crippen LogP) is 6.30. The number of hydrogen-bond donors (Lipinski definition) is 0. The van der Waals surface area contributed by atoms with Gasteiger partial charge < -0.3 is 0 Å². The van der Waals surface area contributed by atoms with Crippen molar-refractivity contribution in [3.8, 4) is 0 Å². The van der Waals surface area contributed by atoms with E-state index in [2.05, 4.69) is 15.9 Å². The number of rotatable bonds is 6. The van der Waals surface area contributed by atoms with E-state index < -0.39 is 36.8 Å². The zero-order valence-electron chi connectivity index (χ0n) is 10.5. The molecule has 0 saturated carbocycles. The first-order valence-corrected chi connectivity index (χ1v) is 7.33. The van der Waals surface area contributed by atoms with Crippen LogP contribution >= 0.6 is 27.3 Å². The van der Waals surface area contributed by atoms with Gasteiger partial charge in [0.25, 0.3) is 0 Å². The number of hydrogen-bond acceptors (Lipinski definition) is 1. The zero-order valence-corrected chi connectivity index (χ0v) is 12.9. The minimum Gasteiger partial charge on any atom is -0.200 e. The Labute approximate surface area is 131 Å². The van der Waals surface area contributed by atoms with Crippen LogP contribution in [0.15, 0.2) is 15.2 Å². The summed E-state index contributed by atoms with van der Waals surface area (Å²) in [5.41, 5.74) is 0.478. The summed E-state index contributed by atoms with van der Waals surface area (Å²) >= 11 is 4.25. The van der Waals surface area contributed by atoms with E-state index in [-0.39, 0.29) is 6.42 Å². The van der Waals surface area contributed by atoms with Crippen molar-refractivity contribution in [1.29, 1.82) is 0 Å². The molecular weight excluding hydrogens is 415 g/mol. The van der Waals surface area contributed by atoms with Crippen LogP contribution < -0.4 is 0 Å². The number of halogens is 10. The van der Waals surface area contributed by atoms with Crippen LogP contribution in [0, 0.1) is 0 Å². The fourth-order valence-electron chi connectivity index (χ4n) is 1.56. The van der Waals surface area contributed by atoms with E-state index >= 15 is 0 Å². The Hall–Kier alpha value is -0.450. The topological polar surface area (TPSA) is 0 Å². The second-order valence-corrected chi connectivity index (χ2v) is 6.66.